The molecule has 0 aliphatic carbocycles. The minimum atomic E-state index is -0.989. The van der Waals surface area contributed by atoms with Gasteiger partial charge in [-0.3, -0.25) is 4.90 Å². The summed E-state index contributed by atoms with van der Waals surface area (Å²) >= 11 is 0. The summed E-state index contributed by atoms with van der Waals surface area (Å²) in [7, 11) is 3.17. The molecule has 0 fully saturated rings. The predicted molar refractivity (Wildman–Crippen MR) is 79.2 cm³/mol. The number of hydrogen-bond acceptors (Lipinski definition) is 2. The second kappa shape index (κ2) is 6.41. The molecule has 1 N–H and O–H groups in total. The van der Waals surface area contributed by atoms with Crippen molar-refractivity contribution in [2.75, 3.05) is 19.0 Å². The number of aryl methyl sites for hydroxylation is 2. The zero-order valence-corrected chi connectivity index (χ0v) is 12.7. The quantitative estimate of drug-likeness (QED) is 0.921. The number of carbonyl (C=O) groups is 2. The van der Waals surface area contributed by atoms with Crippen molar-refractivity contribution in [3.8, 4) is 0 Å². The first-order valence-corrected chi connectivity index (χ1v) is 6.59. The van der Waals surface area contributed by atoms with Crippen molar-refractivity contribution in [3.63, 3.8) is 0 Å². The topological polar surface area (TPSA) is 60.9 Å². The highest BCUT2D eigenvalue weighted by molar-refractivity contribution is 5.94. The third-order valence-corrected chi connectivity index (χ3v) is 3.32. The maximum atomic E-state index is 12.4. The van der Waals surface area contributed by atoms with Gasteiger partial charge in [0.25, 0.3) is 0 Å². The van der Waals surface area contributed by atoms with E-state index in [1.807, 2.05) is 32.0 Å². The van der Waals surface area contributed by atoms with Crippen molar-refractivity contribution in [1.29, 1.82) is 0 Å². The molecule has 0 saturated heterocycles. The Labute approximate surface area is 119 Å². The van der Waals surface area contributed by atoms with Crippen molar-refractivity contribution in [2.45, 2.75) is 33.2 Å². The highest BCUT2D eigenvalue weighted by Gasteiger charge is 2.27. The number of benzene rings is 1. The van der Waals surface area contributed by atoms with E-state index >= 15 is 0 Å². The monoisotopic (exact) mass is 278 g/mol. The van der Waals surface area contributed by atoms with Crippen molar-refractivity contribution in [1.82, 2.24) is 4.90 Å². The molecule has 2 amide bonds. The van der Waals surface area contributed by atoms with E-state index in [0.717, 1.165) is 16.8 Å². The molecular formula is C15H22N2O3. The highest BCUT2D eigenvalue weighted by atomic mass is 16.4. The van der Waals surface area contributed by atoms with E-state index in [4.69, 9.17) is 5.11 Å². The van der Waals surface area contributed by atoms with Crippen LogP contribution in [-0.4, -0.2) is 42.1 Å². The van der Waals surface area contributed by atoms with Crippen molar-refractivity contribution < 1.29 is 14.7 Å². The molecule has 0 heterocycles. The summed E-state index contributed by atoms with van der Waals surface area (Å²) in [5, 5.41) is 9.12. The van der Waals surface area contributed by atoms with Gasteiger partial charge in [0, 0.05) is 19.8 Å². The number of likely N-dealkylation sites (N-methyl/N-ethyl adjacent to an activating group) is 1. The van der Waals surface area contributed by atoms with Crippen molar-refractivity contribution in [3.05, 3.63) is 29.3 Å². The molecule has 1 rings (SSSR count). The average molecular weight is 278 g/mol. The Kier molecular flexibility index (Phi) is 5.13. The summed E-state index contributed by atoms with van der Waals surface area (Å²) in [4.78, 5) is 26.2. The molecule has 1 atom stereocenters. The van der Waals surface area contributed by atoms with Crippen LogP contribution in [0.15, 0.2) is 18.2 Å². The van der Waals surface area contributed by atoms with Gasteiger partial charge >= 0.3 is 12.0 Å². The average Bonchev–Trinajstić information content (AvgIpc) is 2.36. The molecule has 20 heavy (non-hydrogen) atoms. The Morgan fingerprint density at radius 1 is 1.15 bits per heavy atom. The summed E-state index contributed by atoms with van der Waals surface area (Å²) < 4.78 is 0. The van der Waals surface area contributed by atoms with E-state index in [0.29, 0.717) is 6.42 Å². The number of carboxylic acids is 1. The number of amides is 2. The SMILES string of the molecule is CCC(C(=O)O)N(C)C(=O)N(C)c1cc(C)cc(C)c1. The van der Waals surface area contributed by atoms with E-state index in [1.165, 1.54) is 16.8 Å². The first-order valence-electron chi connectivity index (χ1n) is 6.59. The number of urea groups is 1. The Morgan fingerprint density at radius 2 is 1.65 bits per heavy atom. The lowest BCUT2D eigenvalue weighted by molar-refractivity contribution is -0.141. The third-order valence-electron chi connectivity index (χ3n) is 3.32. The molecule has 0 aliphatic rings. The lowest BCUT2D eigenvalue weighted by atomic mass is 10.1. The maximum Gasteiger partial charge on any atom is 0.326 e. The summed E-state index contributed by atoms with van der Waals surface area (Å²) in [6, 6.07) is 4.69. The van der Waals surface area contributed by atoms with E-state index < -0.39 is 12.0 Å². The minimum Gasteiger partial charge on any atom is -0.480 e. The first-order chi connectivity index (χ1) is 9.27. The second-order valence-electron chi connectivity index (χ2n) is 5.06. The van der Waals surface area contributed by atoms with E-state index in [-0.39, 0.29) is 6.03 Å². The number of carbonyl (C=O) groups excluding carboxylic acids is 1. The number of aliphatic carboxylic acids is 1. The van der Waals surface area contributed by atoms with Gasteiger partial charge in [-0.2, -0.15) is 0 Å². The van der Waals surface area contributed by atoms with Crippen LogP contribution in [0.3, 0.4) is 0 Å². The molecule has 0 radical (unpaired) electrons. The van der Waals surface area contributed by atoms with Gasteiger partial charge in [-0.05, 0) is 43.5 Å². The molecule has 110 valence electrons. The van der Waals surface area contributed by atoms with Crippen LogP contribution in [0.4, 0.5) is 10.5 Å². The predicted octanol–water partition coefficient (Wildman–Crippen LogP) is 2.65. The van der Waals surface area contributed by atoms with Crippen LogP contribution in [0.5, 0.6) is 0 Å². The van der Waals surface area contributed by atoms with Gasteiger partial charge in [-0.25, -0.2) is 9.59 Å². The maximum absolute atomic E-state index is 12.4. The number of hydrogen-bond donors (Lipinski definition) is 1. The van der Waals surface area contributed by atoms with E-state index in [2.05, 4.69) is 0 Å². The van der Waals surface area contributed by atoms with Crippen LogP contribution in [0.2, 0.25) is 0 Å². The molecule has 5 nitrogen and oxygen atoms in total. The molecule has 1 unspecified atom stereocenters. The fourth-order valence-electron chi connectivity index (χ4n) is 2.24. The van der Waals surface area contributed by atoms with Crippen LogP contribution >= 0.6 is 0 Å². The third kappa shape index (κ3) is 3.50. The van der Waals surface area contributed by atoms with Gasteiger partial charge in [-0.15, -0.1) is 0 Å². The summed E-state index contributed by atoms with van der Waals surface area (Å²) in [5.74, 6) is -0.989. The molecule has 5 heteroatoms. The van der Waals surface area contributed by atoms with Gasteiger partial charge in [-0.1, -0.05) is 13.0 Å². The van der Waals surface area contributed by atoms with Crippen LogP contribution in [-0.2, 0) is 4.79 Å². The standard InChI is InChI=1S/C15H22N2O3/c1-6-13(14(18)19)17(5)15(20)16(4)12-8-10(2)7-11(3)9-12/h7-9,13H,6H2,1-5H3,(H,18,19). The van der Waals surface area contributed by atoms with Crippen LogP contribution < -0.4 is 4.90 Å². The normalized spacial score (nSPS) is 11.8. The van der Waals surface area contributed by atoms with Crippen LogP contribution in [0.1, 0.15) is 24.5 Å². The van der Waals surface area contributed by atoms with Gasteiger partial charge in [0.2, 0.25) is 0 Å². The lowest BCUT2D eigenvalue weighted by Crippen LogP contribution is -2.47. The van der Waals surface area contributed by atoms with Gasteiger partial charge in [0.1, 0.15) is 6.04 Å². The zero-order chi connectivity index (χ0) is 15.4. The van der Waals surface area contributed by atoms with Gasteiger partial charge < -0.3 is 10.0 Å². The number of anilines is 1. The molecule has 1 aromatic rings. The van der Waals surface area contributed by atoms with Crippen molar-refractivity contribution >= 4 is 17.7 Å². The van der Waals surface area contributed by atoms with Gasteiger partial charge in [0.15, 0.2) is 0 Å². The molecule has 0 aliphatic heterocycles. The minimum absolute atomic E-state index is 0.329. The smallest absolute Gasteiger partial charge is 0.326 e. The van der Waals surface area contributed by atoms with Crippen LogP contribution in [0.25, 0.3) is 0 Å². The molecule has 0 aromatic heterocycles. The fourth-order valence-corrected chi connectivity index (χ4v) is 2.24. The molecule has 0 bridgehead atoms. The van der Waals surface area contributed by atoms with E-state index in [9.17, 15) is 9.59 Å². The Bertz CT molecular complexity index is 494. The zero-order valence-electron chi connectivity index (χ0n) is 12.7. The Hall–Kier alpha value is -2.04. The molecule has 1 aromatic carbocycles. The summed E-state index contributed by atoms with van der Waals surface area (Å²) in [5.41, 5.74) is 2.89. The largest absolute Gasteiger partial charge is 0.480 e. The Balaban J connectivity index is 2.98. The van der Waals surface area contributed by atoms with Crippen LogP contribution in [0, 0.1) is 13.8 Å². The lowest BCUT2D eigenvalue weighted by Gasteiger charge is -2.29. The number of carboxylic acid groups (broad SMARTS) is 1. The summed E-state index contributed by atoms with van der Waals surface area (Å²) in [6.07, 6.45) is 0.373. The molecule has 0 spiro atoms. The number of nitrogens with zero attached hydrogens (tertiary/aromatic N) is 2. The molecule has 0 saturated carbocycles. The number of rotatable bonds is 4. The summed E-state index contributed by atoms with van der Waals surface area (Å²) in [6.45, 7) is 5.68. The van der Waals surface area contributed by atoms with E-state index in [1.54, 1.807) is 14.0 Å². The second-order valence-corrected chi connectivity index (χ2v) is 5.06. The fraction of sp³-hybridized carbons (Fsp3) is 0.467. The first kappa shape index (κ1) is 16.0. The Morgan fingerprint density at radius 3 is 2.05 bits per heavy atom. The van der Waals surface area contributed by atoms with Gasteiger partial charge in [0.05, 0.1) is 0 Å². The molecular weight excluding hydrogens is 256 g/mol. The highest BCUT2D eigenvalue weighted by Crippen LogP contribution is 2.19. The van der Waals surface area contributed by atoms with Crippen molar-refractivity contribution in [2.24, 2.45) is 0 Å².